The number of aromatic nitrogens is 4. The Kier molecular flexibility index (Phi) is 6.94. The maximum absolute atomic E-state index is 12.9. The third-order valence-corrected chi connectivity index (χ3v) is 5.41. The minimum Gasteiger partial charge on any atom is -0.496 e. The van der Waals surface area contributed by atoms with E-state index < -0.39 is 0 Å². The lowest BCUT2D eigenvalue weighted by atomic mass is 10.1. The van der Waals surface area contributed by atoms with Crippen molar-refractivity contribution < 1.29 is 9.53 Å². The summed E-state index contributed by atoms with van der Waals surface area (Å²) in [6, 6.07) is 15.7. The van der Waals surface area contributed by atoms with E-state index in [0.717, 1.165) is 5.69 Å². The Morgan fingerprint density at radius 1 is 1.17 bits per heavy atom. The maximum Gasteiger partial charge on any atom is 0.259 e. The highest BCUT2D eigenvalue weighted by atomic mass is 35.5. The maximum atomic E-state index is 12.9. The number of anilines is 3. The van der Waals surface area contributed by atoms with Gasteiger partial charge in [0.15, 0.2) is 5.82 Å². The van der Waals surface area contributed by atoms with Crippen molar-refractivity contribution in [3.05, 3.63) is 82.8 Å². The molecule has 4 rings (SSSR count). The average Bonchev–Trinajstić information content (AvgIpc) is 3.36. The first-order valence-corrected chi connectivity index (χ1v) is 11.1. The van der Waals surface area contributed by atoms with Crippen molar-refractivity contribution in [3.8, 4) is 17.6 Å². The first-order chi connectivity index (χ1) is 16.9. The molecule has 2 heterocycles. The van der Waals surface area contributed by atoms with Gasteiger partial charge in [0.25, 0.3) is 5.91 Å². The summed E-state index contributed by atoms with van der Waals surface area (Å²) in [6.07, 6.45) is 3.24. The zero-order valence-electron chi connectivity index (χ0n) is 19.3. The van der Waals surface area contributed by atoms with Crippen LogP contribution in [-0.2, 0) is 0 Å². The Balaban J connectivity index is 1.66. The number of rotatable bonds is 7. The molecule has 0 aliphatic rings. The van der Waals surface area contributed by atoms with Gasteiger partial charge in [-0.1, -0.05) is 37.6 Å². The molecule has 2 aromatic heterocycles. The van der Waals surface area contributed by atoms with E-state index in [1.165, 1.54) is 13.3 Å². The zero-order chi connectivity index (χ0) is 24.9. The van der Waals surface area contributed by atoms with Crippen molar-refractivity contribution in [2.45, 2.75) is 19.8 Å². The van der Waals surface area contributed by atoms with Gasteiger partial charge in [0, 0.05) is 6.20 Å². The second kappa shape index (κ2) is 10.2. The monoisotopic (exact) mass is 487 g/mol. The molecular weight excluding hydrogens is 466 g/mol. The summed E-state index contributed by atoms with van der Waals surface area (Å²) in [5.74, 6) is 0.933. The van der Waals surface area contributed by atoms with E-state index in [1.807, 2.05) is 19.9 Å². The molecule has 10 heteroatoms. The van der Waals surface area contributed by atoms with E-state index in [2.05, 4.69) is 31.8 Å². The highest BCUT2D eigenvalue weighted by molar-refractivity contribution is 6.32. The molecule has 1 amide bonds. The molecule has 0 atom stereocenters. The molecule has 0 radical (unpaired) electrons. The number of hydrogen-bond acceptors (Lipinski definition) is 7. The number of nitrogens with one attached hydrogen (secondary N) is 2. The highest BCUT2D eigenvalue weighted by Gasteiger charge is 2.16. The summed E-state index contributed by atoms with van der Waals surface area (Å²) >= 11 is 6.34. The van der Waals surface area contributed by atoms with Crippen LogP contribution in [0.15, 0.2) is 60.9 Å². The fraction of sp³-hybridized carbons (Fsp3) is 0.160. The first-order valence-electron chi connectivity index (χ1n) is 10.7. The van der Waals surface area contributed by atoms with Crippen molar-refractivity contribution in [3.63, 3.8) is 0 Å². The standard InChI is InChI=1S/C25H22ClN7O2/c1-15(2)19-10-11-33(32-19)23-18(26)14-28-25(31-23)30-21-12-16(13-27)8-9-20(21)29-24(34)17-6-4-5-7-22(17)35-3/h4-12,14-15H,1-3H3,(H,29,34)(H,28,30,31). The lowest BCUT2D eigenvalue weighted by Gasteiger charge is -2.14. The van der Waals surface area contributed by atoms with E-state index in [4.69, 9.17) is 16.3 Å². The number of nitriles is 1. The molecule has 0 fully saturated rings. The van der Waals surface area contributed by atoms with E-state index in [9.17, 15) is 10.1 Å². The largest absolute Gasteiger partial charge is 0.496 e. The second-order valence-corrected chi connectivity index (χ2v) is 8.26. The molecule has 35 heavy (non-hydrogen) atoms. The SMILES string of the molecule is COc1ccccc1C(=O)Nc1ccc(C#N)cc1Nc1ncc(Cl)c(-n2ccc(C(C)C)n2)n1. The second-order valence-electron chi connectivity index (χ2n) is 7.86. The van der Waals surface area contributed by atoms with Crippen LogP contribution >= 0.6 is 11.6 Å². The Bertz CT molecular complexity index is 1430. The number of carbonyl (C=O) groups is 1. The van der Waals surface area contributed by atoms with Crippen LogP contribution in [0, 0.1) is 11.3 Å². The molecule has 0 aliphatic heterocycles. The molecule has 0 bridgehead atoms. The number of benzene rings is 2. The number of para-hydroxylation sites is 1. The third-order valence-electron chi connectivity index (χ3n) is 5.14. The molecule has 0 spiro atoms. The van der Waals surface area contributed by atoms with Gasteiger partial charge in [-0.25, -0.2) is 9.67 Å². The first kappa shape index (κ1) is 23.7. The van der Waals surface area contributed by atoms with Gasteiger partial charge < -0.3 is 15.4 Å². The van der Waals surface area contributed by atoms with Crippen LogP contribution in [0.5, 0.6) is 5.75 Å². The molecule has 2 N–H and O–H groups in total. The van der Waals surface area contributed by atoms with Crippen LogP contribution in [0.4, 0.5) is 17.3 Å². The van der Waals surface area contributed by atoms with Gasteiger partial charge in [-0.05, 0) is 42.3 Å². The van der Waals surface area contributed by atoms with E-state index >= 15 is 0 Å². The minimum absolute atomic E-state index is 0.217. The van der Waals surface area contributed by atoms with Crippen molar-refractivity contribution in [2.75, 3.05) is 17.7 Å². The van der Waals surface area contributed by atoms with E-state index in [1.54, 1.807) is 53.3 Å². The van der Waals surface area contributed by atoms with E-state index in [-0.39, 0.29) is 17.8 Å². The van der Waals surface area contributed by atoms with Crippen LogP contribution in [0.25, 0.3) is 5.82 Å². The summed E-state index contributed by atoms with van der Waals surface area (Å²) in [7, 11) is 1.50. The Morgan fingerprint density at radius 2 is 1.97 bits per heavy atom. The lowest BCUT2D eigenvalue weighted by molar-refractivity contribution is 0.102. The van der Waals surface area contributed by atoms with Gasteiger partial charge in [-0.15, -0.1) is 0 Å². The summed E-state index contributed by atoms with van der Waals surface area (Å²) in [5, 5.41) is 20.2. The predicted octanol–water partition coefficient (Wildman–Crippen LogP) is 5.32. The topological polar surface area (TPSA) is 118 Å². The summed E-state index contributed by atoms with van der Waals surface area (Å²) < 4.78 is 6.87. The van der Waals surface area contributed by atoms with Crippen LogP contribution in [0.2, 0.25) is 5.02 Å². The van der Waals surface area contributed by atoms with Gasteiger partial charge in [-0.3, -0.25) is 4.79 Å². The Hall–Kier alpha value is -4.42. The fourth-order valence-electron chi connectivity index (χ4n) is 3.31. The number of hydrogen-bond donors (Lipinski definition) is 2. The molecule has 4 aromatic rings. The minimum atomic E-state index is -0.370. The molecule has 0 unspecified atom stereocenters. The average molecular weight is 488 g/mol. The van der Waals surface area contributed by atoms with Crippen LogP contribution in [-0.4, -0.2) is 32.8 Å². The van der Waals surface area contributed by atoms with Crippen LogP contribution < -0.4 is 15.4 Å². The number of halogens is 1. The Morgan fingerprint density at radius 3 is 2.69 bits per heavy atom. The van der Waals surface area contributed by atoms with Crippen LogP contribution in [0.1, 0.15) is 41.4 Å². The summed E-state index contributed by atoms with van der Waals surface area (Å²) in [6.45, 7) is 4.09. The molecule has 0 saturated heterocycles. The van der Waals surface area contributed by atoms with Crippen molar-refractivity contribution >= 4 is 34.8 Å². The smallest absolute Gasteiger partial charge is 0.259 e. The van der Waals surface area contributed by atoms with Gasteiger partial charge >= 0.3 is 0 Å². The van der Waals surface area contributed by atoms with Gasteiger partial charge in [0.1, 0.15) is 10.8 Å². The van der Waals surface area contributed by atoms with Gasteiger partial charge in [-0.2, -0.15) is 15.3 Å². The molecule has 2 aromatic carbocycles. The summed E-state index contributed by atoms with van der Waals surface area (Å²) in [5.41, 5.74) is 2.53. The van der Waals surface area contributed by atoms with Crippen molar-refractivity contribution in [1.82, 2.24) is 19.7 Å². The predicted molar refractivity (Wildman–Crippen MR) is 134 cm³/mol. The fourth-order valence-corrected chi connectivity index (χ4v) is 3.49. The molecule has 0 saturated carbocycles. The normalized spacial score (nSPS) is 10.6. The van der Waals surface area contributed by atoms with Crippen molar-refractivity contribution in [2.24, 2.45) is 0 Å². The number of amides is 1. The van der Waals surface area contributed by atoms with Gasteiger partial charge in [0.2, 0.25) is 5.95 Å². The quantitative estimate of drug-likeness (QED) is 0.362. The molecule has 0 aliphatic carbocycles. The highest BCUT2D eigenvalue weighted by Crippen LogP contribution is 2.29. The number of ether oxygens (including phenoxy) is 1. The lowest BCUT2D eigenvalue weighted by Crippen LogP contribution is -2.14. The zero-order valence-corrected chi connectivity index (χ0v) is 20.0. The van der Waals surface area contributed by atoms with Crippen molar-refractivity contribution in [1.29, 1.82) is 5.26 Å². The van der Waals surface area contributed by atoms with E-state index in [0.29, 0.717) is 39.1 Å². The van der Waals surface area contributed by atoms with Crippen LogP contribution in [0.3, 0.4) is 0 Å². The molecule has 176 valence electrons. The number of methoxy groups -OCH3 is 1. The Labute approximate surface area is 207 Å². The molecular formula is C25H22ClN7O2. The van der Waals surface area contributed by atoms with Gasteiger partial charge in [0.05, 0.1) is 47.6 Å². The third kappa shape index (κ3) is 5.23. The molecule has 9 nitrogen and oxygen atoms in total. The summed E-state index contributed by atoms with van der Waals surface area (Å²) in [4.78, 5) is 21.7. The number of carbonyl (C=O) groups excluding carboxylic acids is 1. The number of nitrogens with zero attached hydrogens (tertiary/aromatic N) is 5.